The normalized spacial score (nSPS) is 13.0. The van der Waals surface area contributed by atoms with Crippen molar-refractivity contribution in [2.24, 2.45) is 50.2 Å². The van der Waals surface area contributed by atoms with Gasteiger partial charge < -0.3 is 9.47 Å². The van der Waals surface area contributed by atoms with Crippen molar-refractivity contribution in [2.45, 2.75) is 534 Å². The van der Waals surface area contributed by atoms with E-state index in [1.807, 2.05) is 32.9 Å². The summed E-state index contributed by atoms with van der Waals surface area (Å²) in [6, 6.07) is 53.7. The number of aryl methyl sites for hydroxylation is 4. The summed E-state index contributed by atoms with van der Waals surface area (Å²) in [7, 11) is 1.69. The second kappa shape index (κ2) is 73.1. The highest BCUT2D eigenvalue weighted by atomic mass is 16.5. The van der Waals surface area contributed by atoms with Crippen molar-refractivity contribution in [2.75, 3.05) is 13.7 Å². The van der Waals surface area contributed by atoms with Crippen molar-refractivity contribution in [3.63, 3.8) is 0 Å². The van der Waals surface area contributed by atoms with Gasteiger partial charge in [0.05, 0.1) is 19.3 Å². The van der Waals surface area contributed by atoms with Gasteiger partial charge >= 0.3 is 0 Å². The van der Waals surface area contributed by atoms with Crippen LogP contribution in [0.5, 0.6) is 5.75 Å². The predicted molar refractivity (Wildman–Crippen MR) is 618 cm³/mol. The van der Waals surface area contributed by atoms with Crippen LogP contribution < -0.4 is 4.74 Å². The van der Waals surface area contributed by atoms with Crippen LogP contribution in [-0.2, 0) is 37.2 Å². The average Bonchev–Trinajstić information content (AvgIpc) is 1.64. The van der Waals surface area contributed by atoms with Crippen LogP contribution in [0.3, 0.4) is 0 Å². The van der Waals surface area contributed by atoms with Gasteiger partial charge in [0.1, 0.15) is 5.75 Å². The molecule has 2 nitrogen and oxygen atoms in total. The third-order valence-electron chi connectivity index (χ3n) is 21.4. The molecule has 9 rings (SSSR count). The Bertz CT molecular complexity index is 3180. The second-order valence-corrected chi connectivity index (χ2v) is 49.4. The van der Waals surface area contributed by atoms with Gasteiger partial charge in [0.15, 0.2) is 0 Å². The first-order chi connectivity index (χ1) is 54.1. The lowest BCUT2D eigenvalue weighted by molar-refractivity contribution is 0.0151. The molecule has 0 unspecified atom stereocenters. The van der Waals surface area contributed by atoms with Gasteiger partial charge in [0.25, 0.3) is 0 Å². The smallest absolute Gasteiger partial charge is 0.118 e. The van der Waals surface area contributed by atoms with E-state index in [1.54, 1.807) is 13.2 Å². The Morgan fingerprint density at radius 1 is 0.277 bits per heavy atom. The largest absolute Gasteiger partial charge is 0.497 e. The molecule has 0 atom stereocenters. The summed E-state index contributed by atoms with van der Waals surface area (Å²) < 4.78 is 10.3. The van der Waals surface area contributed by atoms with Gasteiger partial charge in [-0.2, -0.15) is 0 Å². The Labute approximate surface area is 827 Å². The maximum Gasteiger partial charge on any atom is 0.118 e. The van der Waals surface area contributed by atoms with Crippen molar-refractivity contribution < 1.29 is 9.47 Å². The van der Waals surface area contributed by atoms with Crippen molar-refractivity contribution in [3.05, 3.63) is 220 Å². The number of methoxy groups -OCH3 is 1. The molecule has 3 aliphatic rings. The highest BCUT2D eigenvalue weighted by Crippen LogP contribution is 2.45. The van der Waals surface area contributed by atoms with Crippen LogP contribution in [0.25, 0.3) is 0 Å². The van der Waals surface area contributed by atoms with E-state index in [1.165, 1.54) is 158 Å². The zero-order valence-corrected chi connectivity index (χ0v) is 89.3. The summed E-state index contributed by atoms with van der Waals surface area (Å²) in [4.78, 5) is 0. The topological polar surface area (TPSA) is 18.5 Å². The van der Waals surface area contributed by atoms with Crippen LogP contribution in [0.4, 0.5) is 0 Å². The molecule has 3 aliphatic carbocycles. The molecule has 0 N–H and O–H groups in total. The van der Waals surface area contributed by atoms with Crippen LogP contribution in [0, 0.1) is 77.9 Å². The Balaban J connectivity index is -0.0000000933. The fraction of sp³-hybridized carbons (Fsp3) is 0.703. The molecule has 6 aromatic carbocycles. The molecule has 130 heavy (non-hydrogen) atoms. The molecule has 2 heteroatoms. The molecule has 0 heterocycles. The molecule has 0 bridgehead atoms. The maximum absolute atomic E-state index is 5.26. The van der Waals surface area contributed by atoms with E-state index >= 15 is 0 Å². The lowest BCUT2D eigenvalue weighted by Gasteiger charge is -2.33. The van der Waals surface area contributed by atoms with Crippen LogP contribution in [0.15, 0.2) is 164 Å². The standard InChI is InChI=1S/C11H16O.4C11H16.C10H20.C10H14.C9H18.C8H18.C7H14O.C7H14.C7H16.C5H12.10CH4/c1-11(2,3)9-5-7-10(12-4)8-6-9;4*1-9-5-7-10(8-6-9)11(2,3)4;2*1-10(2,3)9-7-5-4-6-8-9;1-9(2,3)8-6-4-5-7-8;1-5-6-7-8(2,3)4;1-5-6-8-7(2,3)4;1-7(2,3)6-4-5-6;1-5-6-7(2,3)4;1-5(2,3)4;;;;;;;;;;/h5-8H,1-4H3;4*5-8H,1-4H3;9H,4-8H2,1-3H3;4-8H,1-3H3;8H,4-7H2,1-3H3;5-7H2,1-4H3;5H,1,6H2,2-4H3;6H,4-5H2,1-3H3;5-6H2,1-4H3;1-4H3;10*1H4. The Kier molecular flexibility index (Phi) is 87.7. The highest BCUT2D eigenvalue weighted by Gasteiger charge is 2.33. The van der Waals surface area contributed by atoms with Crippen molar-refractivity contribution in [1.82, 2.24) is 0 Å². The van der Waals surface area contributed by atoms with E-state index in [0.29, 0.717) is 44.5 Å². The number of benzene rings is 6. The van der Waals surface area contributed by atoms with E-state index in [4.69, 9.17) is 9.47 Å². The van der Waals surface area contributed by atoms with E-state index < -0.39 is 0 Å². The molecular formula is C128H246O2. The Hall–Kier alpha value is -5.18. The number of ether oxygens (including phenoxy) is 2. The number of rotatable bonds is 6. The lowest BCUT2D eigenvalue weighted by Crippen LogP contribution is -2.22. The minimum absolute atomic E-state index is 0. The summed E-state index contributed by atoms with van der Waals surface area (Å²) in [5, 5.41) is 0. The monoisotopic (exact) mass is 1820 g/mol. The third kappa shape index (κ3) is 91.9. The number of unbranched alkanes of at least 4 members (excludes halogenated alkanes) is 1. The summed E-state index contributed by atoms with van der Waals surface area (Å²) >= 11 is 0. The molecular weight excluding hydrogens is 1570 g/mol. The molecule has 0 aromatic heterocycles. The minimum atomic E-state index is -0.0197. The van der Waals surface area contributed by atoms with Gasteiger partial charge in [0, 0.05) is 0 Å². The summed E-state index contributed by atoms with van der Waals surface area (Å²) in [5.74, 6) is 3.98. The first-order valence-electron chi connectivity index (χ1n) is 47.4. The van der Waals surface area contributed by atoms with Crippen LogP contribution in [0.2, 0.25) is 0 Å². The van der Waals surface area contributed by atoms with E-state index in [-0.39, 0.29) is 107 Å². The number of hydrogen-bond donors (Lipinski definition) is 0. The fourth-order valence-electron chi connectivity index (χ4n) is 12.7. The van der Waals surface area contributed by atoms with Gasteiger partial charge in [-0.3, -0.25) is 0 Å². The predicted octanol–water partition coefficient (Wildman–Crippen LogP) is 44.9. The van der Waals surface area contributed by atoms with Gasteiger partial charge in [-0.25, -0.2) is 0 Å². The zero-order chi connectivity index (χ0) is 94.4. The van der Waals surface area contributed by atoms with Gasteiger partial charge in [-0.05, 0) is 228 Å². The molecule has 0 amide bonds. The summed E-state index contributed by atoms with van der Waals surface area (Å²) in [6.45, 7) is 107. The van der Waals surface area contributed by atoms with Crippen molar-refractivity contribution in [3.8, 4) is 5.75 Å². The highest BCUT2D eigenvalue weighted by molar-refractivity contribution is 5.32. The summed E-state index contributed by atoms with van der Waals surface area (Å²) in [6.07, 6.45) is 24.7. The molecule has 0 aliphatic heterocycles. The Morgan fingerprint density at radius 3 is 0.608 bits per heavy atom. The third-order valence-corrected chi connectivity index (χ3v) is 21.4. The van der Waals surface area contributed by atoms with E-state index in [0.717, 1.165) is 23.5 Å². The average molecular weight is 1820 g/mol. The molecule has 770 valence electrons. The molecule has 0 radical (unpaired) electrons. The minimum Gasteiger partial charge on any atom is -0.497 e. The van der Waals surface area contributed by atoms with Crippen molar-refractivity contribution >= 4 is 0 Å². The first-order valence-corrected chi connectivity index (χ1v) is 47.4. The zero-order valence-electron chi connectivity index (χ0n) is 89.3. The van der Waals surface area contributed by atoms with Gasteiger partial charge in [-0.15, -0.1) is 6.58 Å². The molecule has 0 saturated heterocycles. The SMILES string of the molecule is C.C.C.C.C.C.C.C.C.C.C=CCOC(C)(C)C.CC(C)(C)C.CC(C)(C)C1CC1.CC(C)(C)C1CCCC1.CC(C)(C)C1CCCCC1.CC(C)(C)c1ccccc1.CCCC(C)(C)C.CCCCC(C)(C)C.COc1ccc(C(C)(C)C)cc1.Cc1ccc(C(C)(C)C)cc1.Cc1ccc(C(C)(C)C)cc1.Cc1ccc(C(C)(C)C)cc1.Cc1ccc(C(C)(C)C)cc1. The van der Waals surface area contributed by atoms with Gasteiger partial charge in [0.2, 0.25) is 0 Å². The molecule has 3 fully saturated rings. The van der Waals surface area contributed by atoms with E-state index in [2.05, 4.69) is 444 Å². The lowest BCUT2D eigenvalue weighted by atomic mass is 9.72. The molecule has 6 aromatic rings. The van der Waals surface area contributed by atoms with E-state index in [9.17, 15) is 0 Å². The quantitative estimate of drug-likeness (QED) is 0.155. The van der Waals surface area contributed by atoms with Crippen LogP contribution in [-0.4, -0.2) is 19.3 Å². The van der Waals surface area contributed by atoms with Crippen molar-refractivity contribution in [1.29, 1.82) is 0 Å². The van der Waals surface area contributed by atoms with Gasteiger partial charge in [-0.1, -0.05) is 564 Å². The Morgan fingerprint density at radius 2 is 0.485 bits per heavy atom. The van der Waals surface area contributed by atoms with Crippen LogP contribution >= 0.6 is 0 Å². The second-order valence-electron chi connectivity index (χ2n) is 49.4. The molecule has 3 saturated carbocycles. The fourth-order valence-corrected chi connectivity index (χ4v) is 12.7. The van der Waals surface area contributed by atoms with Crippen LogP contribution in [0.1, 0.15) is 523 Å². The molecule has 0 spiro atoms. The number of hydrogen-bond acceptors (Lipinski definition) is 2. The summed E-state index contributed by atoms with van der Waals surface area (Å²) in [5.41, 5.74) is 18.7. The first kappa shape index (κ1) is 156. The maximum atomic E-state index is 5.26.